The molecule has 0 bridgehead atoms. The zero-order chi connectivity index (χ0) is 19.1. The lowest BCUT2D eigenvalue weighted by molar-refractivity contribution is -0.135. The van der Waals surface area contributed by atoms with E-state index in [0.717, 1.165) is 10.7 Å². The van der Waals surface area contributed by atoms with Gasteiger partial charge in [0, 0.05) is 5.56 Å². The van der Waals surface area contributed by atoms with Crippen LogP contribution in [0, 0.1) is 5.82 Å². The van der Waals surface area contributed by atoms with Crippen LogP contribution in [0.1, 0.15) is 11.1 Å². The van der Waals surface area contributed by atoms with Gasteiger partial charge in [-0.3, -0.25) is 4.79 Å². The Hall–Kier alpha value is -2.82. The standard InChI is InChI=1S/C16H18FN5O3S/c17-13-5-1-11(2-6-13)10-22(19)21-16(18)12-3-7-14(8-4-12)26(25)20-9-15(23)24/h1-8,20H,9-10,19H2,(H2,18,21)(H,23,24). The van der Waals surface area contributed by atoms with Crippen molar-refractivity contribution in [3.63, 3.8) is 0 Å². The molecule has 0 aliphatic rings. The Morgan fingerprint density at radius 1 is 1.19 bits per heavy atom. The molecule has 2 rings (SSSR count). The Balaban J connectivity index is 2.00. The predicted molar refractivity (Wildman–Crippen MR) is 95.3 cm³/mol. The van der Waals surface area contributed by atoms with E-state index in [1.165, 1.54) is 12.1 Å². The topological polar surface area (TPSA) is 134 Å². The molecule has 0 aromatic heterocycles. The zero-order valence-electron chi connectivity index (χ0n) is 13.6. The lowest BCUT2D eigenvalue weighted by atomic mass is 10.2. The number of hydrazone groups is 1. The number of carboxylic acids is 1. The summed E-state index contributed by atoms with van der Waals surface area (Å²) >= 11 is 0. The van der Waals surface area contributed by atoms with Crippen LogP contribution in [0.3, 0.4) is 0 Å². The van der Waals surface area contributed by atoms with Crippen molar-refractivity contribution < 1.29 is 18.5 Å². The van der Waals surface area contributed by atoms with Crippen LogP contribution in [-0.4, -0.2) is 32.8 Å². The minimum absolute atomic E-state index is 0.144. The number of carbonyl (C=O) groups is 1. The number of benzene rings is 2. The molecule has 0 spiro atoms. The fourth-order valence-corrected chi connectivity index (χ4v) is 2.77. The molecule has 0 aliphatic heterocycles. The van der Waals surface area contributed by atoms with E-state index in [9.17, 15) is 13.4 Å². The molecule has 0 saturated heterocycles. The zero-order valence-corrected chi connectivity index (χ0v) is 14.4. The fraction of sp³-hybridized carbons (Fsp3) is 0.125. The summed E-state index contributed by atoms with van der Waals surface area (Å²) in [6.07, 6.45) is 0. The Labute approximate surface area is 151 Å². The van der Waals surface area contributed by atoms with Crippen LogP contribution in [0.25, 0.3) is 0 Å². The molecule has 2 aromatic rings. The van der Waals surface area contributed by atoms with Crippen molar-refractivity contribution in [2.75, 3.05) is 6.54 Å². The Morgan fingerprint density at radius 2 is 1.81 bits per heavy atom. The van der Waals surface area contributed by atoms with E-state index >= 15 is 0 Å². The largest absolute Gasteiger partial charge is 0.480 e. The minimum Gasteiger partial charge on any atom is -0.480 e. The van der Waals surface area contributed by atoms with Crippen molar-refractivity contribution in [2.24, 2.45) is 16.7 Å². The van der Waals surface area contributed by atoms with Gasteiger partial charge in [0.25, 0.3) is 0 Å². The molecule has 0 heterocycles. The molecule has 138 valence electrons. The third-order valence-electron chi connectivity index (χ3n) is 3.21. The second-order valence-corrected chi connectivity index (χ2v) is 6.51. The van der Waals surface area contributed by atoms with Crippen LogP contribution in [0.2, 0.25) is 0 Å². The maximum Gasteiger partial charge on any atom is 0.318 e. The number of carboxylic acid groups (broad SMARTS) is 1. The predicted octanol–water partition coefficient (Wildman–Crippen LogP) is 0.519. The number of nitrogens with one attached hydrogen (secondary N) is 1. The lowest BCUT2D eigenvalue weighted by Crippen LogP contribution is -2.29. The third kappa shape index (κ3) is 5.92. The average molecular weight is 379 g/mol. The van der Waals surface area contributed by atoms with Gasteiger partial charge < -0.3 is 10.8 Å². The number of rotatable bonds is 8. The highest BCUT2D eigenvalue weighted by molar-refractivity contribution is 7.83. The first kappa shape index (κ1) is 19.5. The maximum absolute atomic E-state index is 12.9. The van der Waals surface area contributed by atoms with E-state index in [2.05, 4.69) is 9.82 Å². The highest BCUT2D eigenvalue weighted by Crippen LogP contribution is 2.09. The Morgan fingerprint density at radius 3 is 2.38 bits per heavy atom. The van der Waals surface area contributed by atoms with Gasteiger partial charge in [0.2, 0.25) is 0 Å². The minimum atomic E-state index is -1.64. The number of nitrogens with zero attached hydrogens (tertiary/aromatic N) is 2. The number of amidine groups is 1. The molecule has 0 aliphatic carbocycles. The van der Waals surface area contributed by atoms with E-state index in [1.807, 2.05) is 0 Å². The van der Waals surface area contributed by atoms with Gasteiger partial charge in [-0.2, -0.15) is 0 Å². The summed E-state index contributed by atoms with van der Waals surface area (Å²) in [4.78, 5) is 10.9. The second-order valence-electron chi connectivity index (χ2n) is 5.22. The number of nitrogens with two attached hydrogens (primary N) is 2. The van der Waals surface area contributed by atoms with Crippen LogP contribution >= 0.6 is 0 Å². The van der Waals surface area contributed by atoms with Gasteiger partial charge in [-0.05, 0) is 42.0 Å². The molecular weight excluding hydrogens is 361 g/mol. The van der Waals surface area contributed by atoms with Gasteiger partial charge in [-0.1, -0.05) is 12.1 Å². The van der Waals surface area contributed by atoms with Gasteiger partial charge in [0.05, 0.1) is 11.4 Å². The van der Waals surface area contributed by atoms with Gasteiger partial charge in [0.15, 0.2) is 5.84 Å². The van der Waals surface area contributed by atoms with Crippen molar-refractivity contribution in [2.45, 2.75) is 11.4 Å². The van der Waals surface area contributed by atoms with Gasteiger partial charge >= 0.3 is 5.97 Å². The van der Waals surface area contributed by atoms with Crippen LogP contribution in [-0.2, 0) is 22.3 Å². The van der Waals surface area contributed by atoms with Crippen molar-refractivity contribution in [1.29, 1.82) is 0 Å². The number of hydrogen-bond donors (Lipinski definition) is 4. The summed E-state index contributed by atoms with van der Waals surface area (Å²) in [6, 6.07) is 12.1. The van der Waals surface area contributed by atoms with E-state index < -0.39 is 23.5 Å². The highest BCUT2D eigenvalue weighted by Gasteiger charge is 2.07. The van der Waals surface area contributed by atoms with Crippen LogP contribution in [0.4, 0.5) is 4.39 Å². The molecule has 0 amide bonds. The summed E-state index contributed by atoms with van der Waals surface area (Å²) in [5, 5.41) is 13.7. The number of hydrazine groups is 1. The maximum atomic E-state index is 12.9. The molecule has 6 N–H and O–H groups in total. The van der Waals surface area contributed by atoms with Crippen LogP contribution in [0.15, 0.2) is 58.5 Å². The van der Waals surface area contributed by atoms with Crippen molar-refractivity contribution in [1.82, 2.24) is 9.84 Å². The van der Waals surface area contributed by atoms with Crippen LogP contribution in [0.5, 0.6) is 0 Å². The molecule has 0 saturated carbocycles. The SMILES string of the molecule is N/C(=N\N(N)Cc1ccc(F)cc1)c1ccc(S(=O)NCC(=O)O)cc1. The molecule has 10 heteroatoms. The van der Waals surface area contributed by atoms with Gasteiger partial charge in [-0.15, -0.1) is 5.10 Å². The molecule has 1 unspecified atom stereocenters. The molecule has 0 fully saturated rings. The van der Waals surface area contributed by atoms with Crippen molar-refractivity contribution >= 4 is 22.8 Å². The smallest absolute Gasteiger partial charge is 0.318 e. The number of halogens is 1. The van der Waals surface area contributed by atoms with Crippen molar-refractivity contribution in [3.8, 4) is 0 Å². The van der Waals surface area contributed by atoms with Gasteiger partial charge in [0.1, 0.15) is 23.3 Å². The Kier molecular flexibility index (Phi) is 6.78. The van der Waals surface area contributed by atoms with Crippen molar-refractivity contribution in [3.05, 3.63) is 65.5 Å². The molecule has 2 aromatic carbocycles. The first-order valence-corrected chi connectivity index (χ1v) is 8.58. The Bertz CT molecular complexity index is 812. The first-order chi connectivity index (χ1) is 12.3. The molecular formula is C16H18FN5O3S. The van der Waals surface area contributed by atoms with Gasteiger partial charge in [-0.25, -0.2) is 24.3 Å². The third-order valence-corrected chi connectivity index (χ3v) is 4.32. The summed E-state index contributed by atoms with van der Waals surface area (Å²) in [5.41, 5.74) is 7.22. The van der Waals surface area contributed by atoms with E-state index in [4.69, 9.17) is 16.7 Å². The normalized spacial score (nSPS) is 12.6. The average Bonchev–Trinajstić information content (AvgIpc) is 2.61. The summed E-state index contributed by atoms with van der Waals surface area (Å²) in [6.45, 7) is -0.175. The van der Waals surface area contributed by atoms with E-state index in [-0.39, 0.29) is 18.2 Å². The fourth-order valence-electron chi connectivity index (χ4n) is 1.97. The second kappa shape index (κ2) is 9.04. The monoisotopic (exact) mass is 379 g/mol. The summed E-state index contributed by atoms with van der Waals surface area (Å²) < 4.78 is 27.1. The first-order valence-electron chi connectivity index (χ1n) is 7.43. The summed E-state index contributed by atoms with van der Waals surface area (Å²) in [7, 11) is -1.64. The molecule has 26 heavy (non-hydrogen) atoms. The lowest BCUT2D eigenvalue weighted by Gasteiger charge is -2.14. The summed E-state index contributed by atoms with van der Waals surface area (Å²) in [5.74, 6) is 4.49. The number of aliphatic carboxylic acids is 1. The van der Waals surface area contributed by atoms with E-state index in [0.29, 0.717) is 10.5 Å². The highest BCUT2D eigenvalue weighted by atomic mass is 32.2. The quantitative estimate of drug-likeness (QED) is 0.229. The molecule has 0 radical (unpaired) electrons. The van der Waals surface area contributed by atoms with Crippen LogP contribution < -0.4 is 16.3 Å². The van der Waals surface area contributed by atoms with E-state index in [1.54, 1.807) is 36.4 Å². The molecule has 1 atom stereocenters. The molecule has 8 nitrogen and oxygen atoms in total. The number of hydrogen-bond acceptors (Lipinski definition) is 5.